The second kappa shape index (κ2) is 6.96. The van der Waals surface area contributed by atoms with Crippen molar-refractivity contribution in [3.05, 3.63) is 63.7 Å². The van der Waals surface area contributed by atoms with Gasteiger partial charge in [0.25, 0.3) is 11.6 Å². The highest BCUT2D eigenvalue weighted by Gasteiger charge is 2.75. The molecule has 4 aliphatic heterocycles. The summed E-state index contributed by atoms with van der Waals surface area (Å²) in [6, 6.07) is 11.5. The summed E-state index contributed by atoms with van der Waals surface area (Å²) >= 11 is 0. The molecular formula is C25H24N4O5. The Labute approximate surface area is 196 Å². The standard InChI is InChI=1S/C25H24N4O5/c1-3-26-18-8-5-4-7-16(18)25(24(26)32)21-20(19-9-6-12-27(19)25)22(30)28(23(21)31)17-11-10-15(29(33)34)13-14(17)2/h4-5,7-8,10-11,13,19-21H,3,6,9,12H2,1-2H3/t19-,20-,21+,25+/m1/s1. The number of likely N-dealkylation sites (N-methyl/N-ethyl adjacent to an activating group) is 1. The topological polar surface area (TPSA) is 104 Å². The smallest absolute Gasteiger partial charge is 0.269 e. The molecule has 2 aromatic rings. The van der Waals surface area contributed by atoms with Gasteiger partial charge in [0, 0.05) is 36.0 Å². The zero-order valence-corrected chi connectivity index (χ0v) is 18.9. The minimum atomic E-state index is -1.20. The zero-order valence-electron chi connectivity index (χ0n) is 18.9. The van der Waals surface area contributed by atoms with Crippen LogP contribution in [0.2, 0.25) is 0 Å². The molecule has 0 radical (unpaired) electrons. The van der Waals surface area contributed by atoms with Crippen LogP contribution in [0.25, 0.3) is 0 Å². The minimum absolute atomic E-state index is 0.0996. The SMILES string of the molecule is CCN1C(=O)[C@]2(c3ccccc31)[C@@H]1C(=O)N(c3ccc([N+](=O)[O-])cc3C)C(=O)[C@@H]1[C@H]1CCCN12. The van der Waals surface area contributed by atoms with Crippen LogP contribution in [0.5, 0.6) is 0 Å². The number of anilines is 2. The molecule has 2 aromatic carbocycles. The number of aryl methyl sites for hydroxylation is 1. The van der Waals surface area contributed by atoms with Gasteiger partial charge in [0.1, 0.15) is 5.54 Å². The van der Waals surface area contributed by atoms with E-state index < -0.39 is 28.2 Å². The Morgan fingerprint density at radius 3 is 2.56 bits per heavy atom. The van der Waals surface area contributed by atoms with Crippen LogP contribution in [0.3, 0.4) is 0 Å². The van der Waals surface area contributed by atoms with Crippen LogP contribution in [0, 0.1) is 28.9 Å². The van der Waals surface area contributed by atoms with E-state index >= 15 is 0 Å². The highest BCUT2D eigenvalue weighted by atomic mass is 16.6. The van der Waals surface area contributed by atoms with E-state index in [4.69, 9.17) is 0 Å². The first-order chi connectivity index (χ1) is 16.3. The molecule has 1 spiro atoms. The van der Waals surface area contributed by atoms with E-state index in [2.05, 4.69) is 4.90 Å². The third-order valence-electron chi connectivity index (χ3n) is 8.09. The number of fused-ring (bicyclic) bond motifs is 7. The van der Waals surface area contributed by atoms with E-state index in [9.17, 15) is 24.5 Å². The Hall–Kier alpha value is -3.59. The minimum Gasteiger partial charge on any atom is -0.310 e. The van der Waals surface area contributed by atoms with Gasteiger partial charge in [0.2, 0.25) is 11.8 Å². The number of amides is 3. The first-order valence-electron chi connectivity index (χ1n) is 11.6. The molecule has 0 bridgehead atoms. The number of non-ortho nitro benzene ring substituents is 1. The molecule has 4 aliphatic rings. The molecule has 3 fully saturated rings. The van der Waals surface area contributed by atoms with E-state index in [0.717, 1.165) is 24.1 Å². The van der Waals surface area contributed by atoms with Gasteiger partial charge in [-0.1, -0.05) is 18.2 Å². The number of nitro benzene ring substituents is 1. The van der Waals surface area contributed by atoms with Crippen LogP contribution < -0.4 is 9.80 Å². The zero-order chi connectivity index (χ0) is 23.9. The monoisotopic (exact) mass is 460 g/mol. The quantitative estimate of drug-likeness (QED) is 0.396. The van der Waals surface area contributed by atoms with Crippen molar-refractivity contribution in [2.75, 3.05) is 22.9 Å². The molecule has 3 amide bonds. The fourth-order valence-corrected chi connectivity index (χ4v) is 6.90. The van der Waals surface area contributed by atoms with Crippen molar-refractivity contribution in [3.8, 4) is 0 Å². The molecule has 9 nitrogen and oxygen atoms in total. The highest BCUT2D eigenvalue weighted by molar-refractivity contribution is 6.26. The Balaban J connectivity index is 1.54. The summed E-state index contributed by atoms with van der Waals surface area (Å²) in [5, 5.41) is 11.2. The van der Waals surface area contributed by atoms with Gasteiger partial charge in [-0.2, -0.15) is 0 Å². The summed E-state index contributed by atoms with van der Waals surface area (Å²) in [6.07, 6.45) is 1.60. The summed E-state index contributed by atoms with van der Waals surface area (Å²) in [4.78, 5) is 57.8. The number of nitro groups is 1. The summed E-state index contributed by atoms with van der Waals surface area (Å²) in [5.74, 6) is -2.31. The molecule has 3 saturated heterocycles. The number of hydrogen-bond acceptors (Lipinski definition) is 6. The van der Waals surface area contributed by atoms with Gasteiger partial charge in [-0.3, -0.25) is 29.4 Å². The average molecular weight is 460 g/mol. The lowest BCUT2D eigenvalue weighted by Gasteiger charge is -2.37. The Morgan fingerprint density at radius 2 is 1.85 bits per heavy atom. The predicted molar refractivity (Wildman–Crippen MR) is 123 cm³/mol. The van der Waals surface area contributed by atoms with Crippen LogP contribution in [-0.4, -0.2) is 46.7 Å². The maximum atomic E-state index is 14.1. The molecule has 4 heterocycles. The van der Waals surface area contributed by atoms with Crippen molar-refractivity contribution in [2.45, 2.75) is 38.3 Å². The van der Waals surface area contributed by atoms with Crippen molar-refractivity contribution < 1.29 is 19.3 Å². The third-order valence-corrected chi connectivity index (χ3v) is 8.09. The molecule has 174 valence electrons. The number of benzene rings is 2. The van der Waals surface area contributed by atoms with Crippen molar-refractivity contribution in [1.82, 2.24) is 4.90 Å². The van der Waals surface area contributed by atoms with E-state index in [1.54, 1.807) is 11.8 Å². The van der Waals surface area contributed by atoms with E-state index in [0.29, 0.717) is 24.3 Å². The van der Waals surface area contributed by atoms with Gasteiger partial charge in [-0.25, -0.2) is 4.90 Å². The third kappa shape index (κ3) is 2.30. The molecule has 0 N–H and O–H groups in total. The normalized spacial score (nSPS) is 29.8. The van der Waals surface area contributed by atoms with E-state index in [1.165, 1.54) is 23.1 Å². The maximum absolute atomic E-state index is 14.1. The van der Waals surface area contributed by atoms with Crippen LogP contribution >= 0.6 is 0 Å². The first-order valence-corrected chi connectivity index (χ1v) is 11.6. The molecule has 0 saturated carbocycles. The second-order valence-electron chi connectivity index (χ2n) is 9.48. The number of rotatable bonds is 3. The molecule has 6 rings (SSSR count). The van der Waals surface area contributed by atoms with Gasteiger partial charge in [0.15, 0.2) is 0 Å². The fourth-order valence-electron chi connectivity index (χ4n) is 6.90. The van der Waals surface area contributed by atoms with Gasteiger partial charge in [-0.05, 0) is 50.9 Å². The van der Waals surface area contributed by atoms with Crippen molar-refractivity contribution in [2.24, 2.45) is 11.8 Å². The summed E-state index contributed by atoms with van der Waals surface area (Å²) < 4.78 is 0. The van der Waals surface area contributed by atoms with Crippen molar-refractivity contribution in [3.63, 3.8) is 0 Å². The lowest BCUT2D eigenvalue weighted by molar-refractivity contribution is -0.384. The fraction of sp³-hybridized carbons (Fsp3) is 0.400. The molecule has 0 unspecified atom stereocenters. The molecule has 34 heavy (non-hydrogen) atoms. The van der Waals surface area contributed by atoms with Crippen LogP contribution in [-0.2, 0) is 19.9 Å². The second-order valence-corrected chi connectivity index (χ2v) is 9.48. The summed E-state index contributed by atoms with van der Waals surface area (Å²) in [7, 11) is 0. The van der Waals surface area contributed by atoms with Gasteiger partial charge in [0.05, 0.1) is 22.4 Å². The summed E-state index contributed by atoms with van der Waals surface area (Å²) in [6.45, 7) is 4.70. The van der Waals surface area contributed by atoms with E-state index in [-0.39, 0.29) is 23.5 Å². The van der Waals surface area contributed by atoms with Crippen molar-refractivity contribution >= 4 is 34.8 Å². The van der Waals surface area contributed by atoms with Crippen molar-refractivity contribution in [1.29, 1.82) is 0 Å². The van der Waals surface area contributed by atoms with Gasteiger partial charge in [-0.15, -0.1) is 0 Å². The number of para-hydroxylation sites is 1. The summed E-state index contributed by atoms with van der Waals surface area (Å²) in [5.41, 5.74) is 1.12. The largest absolute Gasteiger partial charge is 0.310 e. The van der Waals surface area contributed by atoms with Crippen LogP contribution in [0.15, 0.2) is 42.5 Å². The molecular weight excluding hydrogens is 436 g/mol. The predicted octanol–water partition coefficient (Wildman–Crippen LogP) is 2.75. The Kier molecular flexibility index (Phi) is 4.29. The van der Waals surface area contributed by atoms with Crippen LogP contribution in [0.4, 0.5) is 17.1 Å². The van der Waals surface area contributed by atoms with Gasteiger partial charge >= 0.3 is 0 Å². The van der Waals surface area contributed by atoms with E-state index in [1.807, 2.05) is 31.2 Å². The Morgan fingerprint density at radius 1 is 1.09 bits per heavy atom. The van der Waals surface area contributed by atoms with Crippen LogP contribution in [0.1, 0.15) is 30.9 Å². The number of carbonyl (C=O) groups excluding carboxylic acids is 3. The lowest BCUT2D eigenvalue weighted by Crippen LogP contribution is -2.56. The molecule has 9 heteroatoms. The average Bonchev–Trinajstić information content (AvgIpc) is 3.52. The molecule has 0 aromatic heterocycles. The highest BCUT2D eigenvalue weighted by Crippen LogP contribution is 2.61. The molecule has 0 aliphatic carbocycles. The Bertz CT molecular complexity index is 1290. The number of carbonyl (C=O) groups is 3. The first kappa shape index (κ1) is 21.0. The lowest BCUT2D eigenvalue weighted by atomic mass is 9.75. The molecule has 4 atom stereocenters. The number of imide groups is 1. The number of nitrogens with zero attached hydrogens (tertiary/aromatic N) is 4. The number of hydrogen-bond donors (Lipinski definition) is 0. The van der Waals surface area contributed by atoms with Gasteiger partial charge < -0.3 is 4.90 Å². The maximum Gasteiger partial charge on any atom is 0.269 e.